The van der Waals surface area contributed by atoms with E-state index in [2.05, 4.69) is 4.99 Å². The molecular formula is C15H12ClF2N. The largest absolute Gasteiger partial charge is 0.364 e. The molecule has 0 aromatic heterocycles. The maximum Gasteiger partial charge on any atom is 0.364 e. The topological polar surface area (TPSA) is 12.4 Å². The molecule has 1 nitrogen and oxygen atoms in total. The molecule has 0 fully saturated rings. The molecule has 0 saturated heterocycles. The third kappa shape index (κ3) is 3.86. The molecule has 0 atom stereocenters. The zero-order chi connectivity index (χ0) is 13.7. The highest BCUT2D eigenvalue weighted by atomic mass is 35.5. The Morgan fingerprint density at radius 1 is 0.947 bits per heavy atom. The fourth-order valence-corrected chi connectivity index (χ4v) is 1.86. The highest BCUT2D eigenvalue weighted by Crippen LogP contribution is 2.26. The summed E-state index contributed by atoms with van der Waals surface area (Å²) in [6.07, 6.45) is 0. The molecule has 2 rings (SSSR count). The average Bonchev–Trinajstić information content (AvgIpc) is 2.40. The number of alkyl halides is 3. The number of hydrogen-bond donors (Lipinski definition) is 0. The highest BCUT2D eigenvalue weighted by Gasteiger charge is 2.33. The molecule has 98 valence electrons. The molecule has 0 unspecified atom stereocenters. The predicted octanol–water partition coefficient (Wildman–Crippen LogP) is 4.51. The predicted molar refractivity (Wildman–Crippen MR) is 73.9 cm³/mol. The summed E-state index contributed by atoms with van der Waals surface area (Å²) in [5.41, 5.74) is 0.786. The van der Waals surface area contributed by atoms with Crippen LogP contribution in [0.3, 0.4) is 0 Å². The van der Waals surface area contributed by atoms with Gasteiger partial charge in [-0.15, -0.1) is 0 Å². The van der Waals surface area contributed by atoms with Gasteiger partial charge in [-0.2, -0.15) is 8.78 Å². The van der Waals surface area contributed by atoms with Gasteiger partial charge in [0.15, 0.2) is 0 Å². The van der Waals surface area contributed by atoms with Crippen LogP contribution in [0, 0.1) is 0 Å². The zero-order valence-electron chi connectivity index (χ0n) is 10.1. The minimum atomic E-state index is -3.48. The Labute approximate surface area is 115 Å². The molecule has 4 heteroatoms. The van der Waals surface area contributed by atoms with Gasteiger partial charge < -0.3 is 0 Å². The number of benzene rings is 2. The summed E-state index contributed by atoms with van der Waals surface area (Å²) in [5, 5.41) is -3.48. The zero-order valence-corrected chi connectivity index (χ0v) is 10.8. The monoisotopic (exact) mass is 279 g/mol. The van der Waals surface area contributed by atoms with Gasteiger partial charge in [-0.1, -0.05) is 60.7 Å². The first kappa shape index (κ1) is 13.7. The molecule has 0 spiro atoms. The van der Waals surface area contributed by atoms with E-state index in [9.17, 15) is 8.78 Å². The van der Waals surface area contributed by atoms with Gasteiger partial charge in [0.1, 0.15) is 5.71 Å². The van der Waals surface area contributed by atoms with Crippen molar-refractivity contribution in [2.45, 2.75) is 11.9 Å². The molecule has 0 aliphatic carbocycles. The van der Waals surface area contributed by atoms with Crippen LogP contribution in [0.25, 0.3) is 0 Å². The van der Waals surface area contributed by atoms with Crippen molar-refractivity contribution in [3.63, 3.8) is 0 Å². The number of hydrogen-bond acceptors (Lipinski definition) is 1. The fourth-order valence-electron chi connectivity index (χ4n) is 1.69. The third-order valence-corrected chi connectivity index (χ3v) is 2.76. The van der Waals surface area contributed by atoms with Crippen LogP contribution < -0.4 is 0 Å². The lowest BCUT2D eigenvalue weighted by molar-refractivity contribution is 0.176. The van der Waals surface area contributed by atoms with E-state index >= 15 is 0 Å². The first-order chi connectivity index (χ1) is 9.07. The van der Waals surface area contributed by atoms with Gasteiger partial charge in [0, 0.05) is 5.56 Å². The number of halogens is 3. The number of rotatable bonds is 4. The summed E-state index contributed by atoms with van der Waals surface area (Å²) in [5.74, 6) is 0. The number of aliphatic imine (C=N–C) groups is 1. The van der Waals surface area contributed by atoms with Crippen molar-refractivity contribution in [2.75, 3.05) is 0 Å². The van der Waals surface area contributed by atoms with Crippen LogP contribution in [0.2, 0.25) is 0 Å². The van der Waals surface area contributed by atoms with Gasteiger partial charge in [0.2, 0.25) is 0 Å². The summed E-state index contributed by atoms with van der Waals surface area (Å²) in [7, 11) is 0. The normalized spacial score (nSPS) is 12.5. The van der Waals surface area contributed by atoms with Crippen molar-refractivity contribution in [1.29, 1.82) is 0 Å². The maximum absolute atomic E-state index is 13.4. The van der Waals surface area contributed by atoms with E-state index in [-0.39, 0.29) is 6.54 Å². The molecule has 0 heterocycles. The van der Waals surface area contributed by atoms with Crippen molar-refractivity contribution in [1.82, 2.24) is 0 Å². The molecule has 0 amide bonds. The van der Waals surface area contributed by atoms with E-state index in [4.69, 9.17) is 11.6 Å². The van der Waals surface area contributed by atoms with E-state index in [1.54, 1.807) is 30.3 Å². The molecule has 0 bridgehead atoms. The first-order valence-electron chi connectivity index (χ1n) is 5.78. The Morgan fingerprint density at radius 3 is 2.00 bits per heavy atom. The van der Waals surface area contributed by atoms with Gasteiger partial charge in [0.05, 0.1) is 6.54 Å². The number of nitrogens with zero attached hydrogens (tertiary/aromatic N) is 1. The van der Waals surface area contributed by atoms with Crippen LogP contribution >= 0.6 is 11.6 Å². The van der Waals surface area contributed by atoms with Crippen molar-refractivity contribution in [3.05, 3.63) is 71.8 Å². The quantitative estimate of drug-likeness (QED) is 0.577. The molecule has 0 radical (unpaired) electrons. The van der Waals surface area contributed by atoms with Crippen LogP contribution in [0.15, 0.2) is 65.7 Å². The van der Waals surface area contributed by atoms with Gasteiger partial charge in [-0.3, -0.25) is 4.99 Å². The Morgan fingerprint density at radius 2 is 1.47 bits per heavy atom. The lowest BCUT2D eigenvalue weighted by Crippen LogP contribution is -2.23. The van der Waals surface area contributed by atoms with Gasteiger partial charge in [-0.25, -0.2) is 0 Å². The van der Waals surface area contributed by atoms with E-state index in [1.807, 2.05) is 30.3 Å². The van der Waals surface area contributed by atoms with E-state index in [0.29, 0.717) is 5.56 Å². The molecular weight excluding hydrogens is 268 g/mol. The molecule has 0 aliphatic heterocycles. The second kappa shape index (κ2) is 5.93. The summed E-state index contributed by atoms with van der Waals surface area (Å²) in [6.45, 7) is 0.174. The standard InChI is InChI=1S/C15H12ClF2N/c16-15(17,18)14(13-9-5-2-6-10-13)19-11-12-7-3-1-4-8-12/h1-10H,11H2. The summed E-state index contributed by atoms with van der Waals surface area (Å²) in [6, 6.07) is 17.5. The molecule has 2 aromatic carbocycles. The average molecular weight is 280 g/mol. The van der Waals surface area contributed by atoms with Gasteiger partial charge in [0.25, 0.3) is 0 Å². The molecule has 0 aliphatic rings. The van der Waals surface area contributed by atoms with Crippen molar-refractivity contribution >= 4 is 17.3 Å². The van der Waals surface area contributed by atoms with E-state index in [1.165, 1.54) is 0 Å². The Balaban J connectivity index is 2.29. The van der Waals surface area contributed by atoms with Crippen LogP contribution in [0.1, 0.15) is 11.1 Å². The maximum atomic E-state index is 13.4. The molecule has 2 aromatic rings. The lowest BCUT2D eigenvalue weighted by Gasteiger charge is -2.12. The highest BCUT2D eigenvalue weighted by molar-refractivity contribution is 6.36. The van der Waals surface area contributed by atoms with E-state index in [0.717, 1.165) is 5.56 Å². The van der Waals surface area contributed by atoms with Crippen LogP contribution in [-0.4, -0.2) is 11.1 Å². The van der Waals surface area contributed by atoms with Crippen LogP contribution in [0.4, 0.5) is 8.78 Å². The minimum absolute atomic E-state index is 0.174. The van der Waals surface area contributed by atoms with Crippen LogP contribution in [0.5, 0.6) is 0 Å². The summed E-state index contributed by atoms with van der Waals surface area (Å²) in [4.78, 5) is 3.97. The van der Waals surface area contributed by atoms with Crippen molar-refractivity contribution in [2.24, 2.45) is 4.99 Å². The minimum Gasteiger partial charge on any atom is -0.277 e. The van der Waals surface area contributed by atoms with Crippen molar-refractivity contribution < 1.29 is 8.78 Å². The first-order valence-corrected chi connectivity index (χ1v) is 6.16. The van der Waals surface area contributed by atoms with Gasteiger partial charge >= 0.3 is 5.38 Å². The van der Waals surface area contributed by atoms with Crippen LogP contribution in [-0.2, 0) is 6.54 Å². The lowest BCUT2D eigenvalue weighted by atomic mass is 10.1. The fraction of sp³-hybridized carbons (Fsp3) is 0.133. The van der Waals surface area contributed by atoms with Gasteiger partial charge in [-0.05, 0) is 17.2 Å². The molecule has 19 heavy (non-hydrogen) atoms. The summed E-state index contributed by atoms with van der Waals surface area (Å²) >= 11 is 5.14. The smallest absolute Gasteiger partial charge is 0.277 e. The van der Waals surface area contributed by atoms with E-state index < -0.39 is 11.1 Å². The second-order valence-electron chi connectivity index (χ2n) is 4.01. The second-order valence-corrected chi connectivity index (χ2v) is 4.49. The summed E-state index contributed by atoms with van der Waals surface area (Å²) < 4.78 is 26.8. The van der Waals surface area contributed by atoms with Crippen molar-refractivity contribution in [3.8, 4) is 0 Å². The molecule has 0 saturated carbocycles. The Hall–Kier alpha value is -1.74. The molecule has 0 N–H and O–H groups in total. The Kier molecular flexibility index (Phi) is 4.27. The Bertz CT molecular complexity index is 547. The SMILES string of the molecule is FC(F)(Cl)C(=NCc1ccccc1)c1ccccc1. The third-order valence-electron chi connectivity index (χ3n) is 2.58.